The van der Waals surface area contributed by atoms with Crippen LogP contribution in [0.1, 0.15) is 25.2 Å². The molecule has 3 rings (SSSR count). The van der Waals surface area contributed by atoms with Crippen molar-refractivity contribution in [3.63, 3.8) is 0 Å². The van der Waals surface area contributed by atoms with E-state index in [1.54, 1.807) is 44.2 Å². The van der Waals surface area contributed by atoms with Crippen molar-refractivity contribution in [2.24, 2.45) is 7.05 Å². The summed E-state index contributed by atoms with van der Waals surface area (Å²) in [5.41, 5.74) is 1.12. The van der Waals surface area contributed by atoms with E-state index in [1.807, 2.05) is 42.8 Å². The average molecular weight is 370 g/mol. The molecule has 7 heteroatoms. The summed E-state index contributed by atoms with van der Waals surface area (Å²) >= 11 is 0. The third-order valence-corrected chi connectivity index (χ3v) is 5.93. The van der Waals surface area contributed by atoms with Gasteiger partial charge in [-0.25, -0.2) is 8.42 Å². The second-order valence-electron chi connectivity index (χ2n) is 6.76. The lowest BCUT2D eigenvalue weighted by Gasteiger charge is -2.25. The summed E-state index contributed by atoms with van der Waals surface area (Å²) in [6.07, 6.45) is 0. The van der Waals surface area contributed by atoms with Crippen molar-refractivity contribution in [2.75, 3.05) is 0 Å². The minimum absolute atomic E-state index is 0.217. The van der Waals surface area contributed by atoms with Crippen LogP contribution < -0.4 is 4.72 Å². The first-order valence-corrected chi connectivity index (χ1v) is 9.75. The first-order chi connectivity index (χ1) is 12.2. The van der Waals surface area contributed by atoms with Crippen molar-refractivity contribution >= 4 is 10.0 Å². The number of aryl methyl sites for hydroxylation is 1. The molecule has 0 amide bonds. The quantitative estimate of drug-likeness (QED) is 0.749. The van der Waals surface area contributed by atoms with Gasteiger partial charge in [0, 0.05) is 12.6 Å². The van der Waals surface area contributed by atoms with E-state index in [0.29, 0.717) is 11.6 Å². The molecule has 0 radical (unpaired) electrons. The van der Waals surface area contributed by atoms with Crippen LogP contribution in [0.2, 0.25) is 0 Å². The third-order valence-electron chi connectivity index (χ3n) is 4.26. The SMILES string of the molecule is Cc1ccccc1-c1nnc(C(C)(C)NS(=O)(=O)c2ccccc2)n1C. The maximum absolute atomic E-state index is 12.7. The number of aromatic nitrogens is 3. The highest BCUT2D eigenvalue weighted by molar-refractivity contribution is 7.89. The standard InChI is InChI=1S/C19H22N4O2S/c1-14-10-8-9-13-16(14)17-20-21-18(23(17)4)19(2,3)22-26(24,25)15-11-6-5-7-12-15/h5-13,22H,1-4H3. The highest BCUT2D eigenvalue weighted by atomic mass is 32.2. The molecule has 136 valence electrons. The molecular weight excluding hydrogens is 348 g/mol. The van der Waals surface area contributed by atoms with Gasteiger partial charge < -0.3 is 4.57 Å². The first kappa shape index (κ1) is 18.3. The summed E-state index contributed by atoms with van der Waals surface area (Å²) in [6, 6.07) is 16.2. The molecule has 0 fully saturated rings. The number of nitrogens with one attached hydrogen (secondary N) is 1. The fourth-order valence-electron chi connectivity index (χ4n) is 2.97. The molecule has 0 atom stereocenters. The molecule has 1 heterocycles. The Balaban J connectivity index is 1.97. The van der Waals surface area contributed by atoms with Crippen LogP contribution in [0.15, 0.2) is 59.5 Å². The molecule has 1 N–H and O–H groups in total. The Kier molecular flexibility index (Phi) is 4.68. The van der Waals surface area contributed by atoms with Gasteiger partial charge in [0.2, 0.25) is 10.0 Å². The zero-order valence-corrected chi connectivity index (χ0v) is 16.1. The summed E-state index contributed by atoms with van der Waals surface area (Å²) in [5.74, 6) is 1.24. The Morgan fingerprint density at radius 2 is 1.58 bits per heavy atom. The lowest BCUT2D eigenvalue weighted by Crippen LogP contribution is -2.42. The maximum atomic E-state index is 12.7. The number of hydrogen-bond acceptors (Lipinski definition) is 4. The van der Waals surface area contributed by atoms with Gasteiger partial charge in [0.15, 0.2) is 11.6 Å². The Labute approximate surface area is 154 Å². The molecule has 0 saturated carbocycles. The molecule has 3 aromatic rings. The summed E-state index contributed by atoms with van der Waals surface area (Å²) < 4.78 is 30.0. The normalized spacial score (nSPS) is 12.3. The molecular formula is C19H22N4O2S. The molecule has 1 aromatic heterocycles. The highest BCUT2D eigenvalue weighted by Crippen LogP contribution is 2.27. The fraction of sp³-hybridized carbons (Fsp3) is 0.263. The molecule has 0 saturated heterocycles. The van der Waals surface area contributed by atoms with Crippen LogP contribution in [0, 0.1) is 6.92 Å². The van der Waals surface area contributed by atoms with Crippen LogP contribution in [-0.2, 0) is 22.6 Å². The number of benzene rings is 2. The second-order valence-corrected chi connectivity index (χ2v) is 8.45. The van der Waals surface area contributed by atoms with Crippen molar-refractivity contribution in [3.8, 4) is 11.4 Å². The van der Waals surface area contributed by atoms with E-state index in [9.17, 15) is 8.42 Å². The van der Waals surface area contributed by atoms with E-state index < -0.39 is 15.6 Å². The molecule has 0 aliphatic heterocycles. The smallest absolute Gasteiger partial charge is 0.241 e. The number of rotatable bonds is 5. The van der Waals surface area contributed by atoms with Gasteiger partial charge in [-0.05, 0) is 38.5 Å². The topological polar surface area (TPSA) is 76.9 Å². The fourth-order valence-corrected chi connectivity index (χ4v) is 4.37. The van der Waals surface area contributed by atoms with Crippen molar-refractivity contribution in [1.29, 1.82) is 0 Å². The van der Waals surface area contributed by atoms with Crippen LogP contribution in [0.5, 0.6) is 0 Å². The zero-order chi connectivity index (χ0) is 18.9. The molecule has 26 heavy (non-hydrogen) atoms. The van der Waals surface area contributed by atoms with E-state index in [4.69, 9.17) is 0 Å². The van der Waals surface area contributed by atoms with Gasteiger partial charge in [0.05, 0.1) is 10.4 Å². The zero-order valence-electron chi connectivity index (χ0n) is 15.3. The van der Waals surface area contributed by atoms with E-state index in [1.165, 1.54) is 0 Å². The van der Waals surface area contributed by atoms with Gasteiger partial charge >= 0.3 is 0 Å². The van der Waals surface area contributed by atoms with Gasteiger partial charge in [-0.1, -0.05) is 42.5 Å². The second kappa shape index (κ2) is 6.66. The minimum Gasteiger partial charge on any atom is -0.313 e. The van der Waals surface area contributed by atoms with E-state index >= 15 is 0 Å². The lowest BCUT2D eigenvalue weighted by molar-refractivity contribution is 0.433. The Morgan fingerprint density at radius 1 is 0.962 bits per heavy atom. The van der Waals surface area contributed by atoms with Gasteiger partial charge in [-0.2, -0.15) is 4.72 Å². The van der Waals surface area contributed by atoms with Crippen molar-refractivity contribution in [1.82, 2.24) is 19.5 Å². The van der Waals surface area contributed by atoms with Crippen LogP contribution in [0.25, 0.3) is 11.4 Å². The average Bonchev–Trinajstić information content (AvgIpc) is 2.97. The minimum atomic E-state index is -3.68. The van der Waals surface area contributed by atoms with Gasteiger partial charge in [0.25, 0.3) is 0 Å². The lowest BCUT2D eigenvalue weighted by atomic mass is 10.1. The summed E-state index contributed by atoms with van der Waals surface area (Å²) in [7, 11) is -1.83. The predicted molar refractivity (Wildman–Crippen MR) is 101 cm³/mol. The molecule has 0 bridgehead atoms. The van der Waals surface area contributed by atoms with Gasteiger partial charge in [-0.15, -0.1) is 10.2 Å². The molecule has 6 nitrogen and oxygen atoms in total. The van der Waals surface area contributed by atoms with Crippen molar-refractivity contribution in [2.45, 2.75) is 31.2 Å². The molecule has 2 aromatic carbocycles. The Hall–Kier alpha value is -2.51. The number of nitrogens with zero attached hydrogens (tertiary/aromatic N) is 3. The largest absolute Gasteiger partial charge is 0.313 e. The van der Waals surface area contributed by atoms with Gasteiger partial charge in [-0.3, -0.25) is 0 Å². The summed E-state index contributed by atoms with van der Waals surface area (Å²) in [6.45, 7) is 5.56. The number of hydrogen-bond donors (Lipinski definition) is 1. The van der Waals surface area contributed by atoms with E-state index in [-0.39, 0.29) is 4.90 Å². The summed E-state index contributed by atoms with van der Waals surface area (Å²) in [4.78, 5) is 0.217. The number of sulfonamides is 1. The van der Waals surface area contributed by atoms with Crippen LogP contribution in [0.4, 0.5) is 0 Å². The van der Waals surface area contributed by atoms with Crippen molar-refractivity contribution in [3.05, 3.63) is 66.0 Å². The first-order valence-electron chi connectivity index (χ1n) is 8.27. The van der Waals surface area contributed by atoms with E-state index in [2.05, 4.69) is 14.9 Å². The van der Waals surface area contributed by atoms with Gasteiger partial charge in [0.1, 0.15) is 0 Å². The van der Waals surface area contributed by atoms with Crippen LogP contribution in [-0.4, -0.2) is 23.2 Å². The molecule has 0 aliphatic carbocycles. The Bertz CT molecular complexity index is 1020. The van der Waals surface area contributed by atoms with Crippen molar-refractivity contribution < 1.29 is 8.42 Å². The predicted octanol–water partition coefficient (Wildman–Crippen LogP) is 3.00. The van der Waals surface area contributed by atoms with Crippen LogP contribution in [0.3, 0.4) is 0 Å². The van der Waals surface area contributed by atoms with Crippen LogP contribution >= 0.6 is 0 Å². The monoisotopic (exact) mass is 370 g/mol. The maximum Gasteiger partial charge on any atom is 0.241 e. The molecule has 0 aliphatic rings. The third kappa shape index (κ3) is 3.40. The van der Waals surface area contributed by atoms with E-state index in [0.717, 1.165) is 11.1 Å². The highest BCUT2D eigenvalue weighted by Gasteiger charge is 2.33. The molecule has 0 spiro atoms. The summed E-state index contributed by atoms with van der Waals surface area (Å²) in [5, 5.41) is 8.56. The Morgan fingerprint density at radius 3 is 2.23 bits per heavy atom. The molecule has 0 unspecified atom stereocenters.